The highest BCUT2D eigenvalue weighted by atomic mass is 16.5. The zero-order valence-corrected chi connectivity index (χ0v) is 11.4. The summed E-state index contributed by atoms with van der Waals surface area (Å²) in [6.07, 6.45) is 0. The average Bonchev–Trinajstić information content (AvgIpc) is 2.96. The summed E-state index contributed by atoms with van der Waals surface area (Å²) in [6, 6.07) is 7.56. The summed E-state index contributed by atoms with van der Waals surface area (Å²) < 4.78 is 7.09. The molecule has 0 radical (unpaired) electrons. The summed E-state index contributed by atoms with van der Waals surface area (Å²) in [6.45, 7) is 2.15. The van der Waals surface area contributed by atoms with E-state index in [1.165, 1.54) is 0 Å². The Hall–Kier alpha value is -2.50. The molecule has 6 nitrogen and oxygen atoms in total. The van der Waals surface area contributed by atoms with E-state index in [2.05, 4.69) is 10.4 Å². The maximum atomic E-state index is 12.4. The lowest BCUT2D eigenvalue weighted by atomic mass is 10.0. The van der Waals surface area contributed by atoms with Gasteiger partial charge in [-0.1, -0.05) is 18.2 Å². The van der Waals surface area contributed by atoms with E-state index in [0.717, 1.165) is 11.3 Å². The molecule has 2 heterocycles. The largest absolute Gasteiger partial charge is 0.492 e. The van der Waals surface area contributed by atoms with E-state index in [9.17, 15) is 4.79 Å². The number of carbonyl (C=O) groups excluding carboxylic acids is 1. The molecule has 3 rings (SSSR count). The summed E-state index contributed by atoms with van der Waals surface area (Å²) in [7, 11) is 1.75. The average molecular weight is 272 g/mol. The molecule has 0 spiro atoms. The maximum Gasteiger partial charge on any atom is 0.236 e. The number of carbonyl (C=O) groups is 1. The van der Waals surface area contributed by atoms with Crippen LogP contribution < -0.4 is 15.8 Å². The minimum absolute atomic E-state index is 0.135. The Kier molecular flexibility index (Phi) is 2.85. The highest BCUT2D eigenvalue weighted by molar-refractivity contribution is 5.98. The van der Waals surface area contributed by atoms with E-state index in [4.69, 9.17) is 10.5 Å². The van der Waals surface area contributed by atoms with E-state index < -0.39 is 0 Å². The van der Waals surface area contributed by atoms with Crippen LogP contribution in [-0.2, 0) is 11.8 Å². The molecule has 1 aliphatic rings. The van der Waals surface area contributed by atoms with Gasteiger partial charge in [-0.25, -0.2) is 0 Å². The number of hydrogen-bond donors (Lipinski definition) is 2. The number of anilines is 2. The molecule has 0 fully saturated rings. The van der Waals surface area contributed by atoms with Gasteiger partial charge in [0.25, 0.3) is 0 Å². The minimum atomic E-state index is -0.319. The van der Waals surface area contributed by atoms with Crippen LogP contribution in [0, 0.1) is 6.92 Å². The van der Waals surface area contributed by atoms with Crippen LogP contribution in [0.15, 0.2) is 24.3 Å². The predicted octanol–water partition coefficient (Wildman–Crippen LogP) is 1.43. The first-order valence-corrected chi connectivity index (χ1v) is 6.39. The fourth-order valence-electron chi connectivity index (χ4n) is 2.41. The van der Waals surface area contributed by atoms with Crippen molar-refractivity contribution in [1.82, 2.24) is 9.78 Å². The fourth-order valence-corrected chi connectivity index (χ4v) is 2.41. The normalized spacial score (nSPS) is 16.6. The van der Waals surface area contributed by atoms with Gasteiger partial charge < -0.3 is 15.8 Å². The smallest absolute Gasteiger partial charge is 0.236 e. The molecule has 1 unspecified atom stereocenters. The summed E-state index contributed by atoms with van der Waals surface area (Å²) in [5.41, 5.74) is 8.01. The molecule has 1 aromatic carbocycles. The van der Waals surface area contributed by atoms with Gasteiger partial charge >= 0.3 is 0 Å². The van der Waals surface area contributed by atoms with E-state index in [0.29, 0.717) is 23.8 Å². The number of fused-ring (bicyclic) bond motifs is 1. The number of aryl methyl sites for hydroxylation is 2. The molecule has 0 saturated heterocycles. The van der Waals surface area contributed by atoms with Crippen molar-refractivity contribution < 1.29 is 9.53 Å². The third-order valence-electron chi connectivity index (χ3n) is 3.53. The molecule has 104 valence electrons. The molecule has 3 N–H and O–H groups in total. The lowest BCUT2D eigenvalue weighted by Gasteiger charge is -2.11. The predicted molar refractivity (Wildman–Crippen MR) is 75.7 cm³/mol. The molecule has 0 aliphatic carbocycles. The second kappa shape index (κ2) is 4.56. The number of para-hydroxylation sites is 1. The van der Waals surface area contributed by atoms with E-state index in [-0.39, 0.29) is 11.8 Å². The number of nitrogens with one attached hydrogen (secondary N) is 1. The molecule has 0 bridgehead atoms. The Morgan fingerprint density at radius 3 is 2.95 bits per heavy atom. The highest BCUT2D eigenvalue weighted by Gasteiger charge is 2.31. The van der Waals surface area contributed by atoms with Crippen molar-refractivity contribution in [3.63, 3.8) is 0 Å². The van der Waals surface area contributed by atoms with Crippen molar-refractivity contribution in [1.29, 1.82) is 0 Å². The molecule has 0 saturated carbocycles. The first kappa shape index (κ1) is 12.5. The van der Waals surface area contributed by atoms with Crippen LogP contribution in [0.1, 0.15) is 17.2 Å². The summed E-state index contributed by atoms with van der Waals surface area (Å²) in [5, 5.41) is 7.02. The third-order valence-corrected chi connectivity index (χ3v) is 3.53. The van der Waals surface area contributed by atoms with Gasteiger partial charge in [-0.05, 0) is 13.0 Å². The topological polar surface area (TPSA) is 82.2 Å². The van der Waals surface area contributed by atoms with Crippen LogP contribution in [0.4, 0.5) is 11.5 Å². The maximum absolute atomic E-state index is 12.4. The van der Waals surface area contributed by atoms with Gasteiger partial charge in [-0.3, -0.25) is 9.48 Å². The van der Waals surface area contributed by atoms with Gasteiger partial charge in [0.1, 0.15) is 18.3 Å². The Bertz CT molecular complexity index is 678. The standard InChI is InChI=1S/C14H16N4O2/c1-8-12(15)13(18(2)17-8)16-14(19)10-7-20-11-6-4-3-5-9(10)11/h3-6,10H,7,15H2,1-2H3,(H,16,19). The van der Waals surface area contributed by atoms with Gasteiger partial charge in [0.05, 0.1) is 11.4 Å². The van der Waals surface area contributed by atoms with Crippen LogP contribution in [0.3, 0.4) is 0 Å². The van der Waals surface area contributed by atoms with Crippen LogP contribution in [0.5, 0.6) is 5.75 Å². The Balaban J connectivity index is 1.85. The van der Waals surface area contributed by atoms with Crippen molar-refractivity contribution in [2.75, 3.05) is 17.7 Å². The van der Waals surface area contributed by atoms with Crippen LogP contribution in [-0.4, -0.2) is 22.3 Å². The zero-order valence-electron chi connectivity index (χ0n) is 11.4. The van der Waals surface area contributed by atoms with Crippen molar-refractivity contribution >= 4 is 17.4 Å². The number of amides is 1. The molecule has 20 heavy (non-hydrogen) atoms. The Labute approximate surface area is 116 Å². The number of rotatable bonds is 2. The molecule has 2 aromatic rings. The Morgan fingerprint density at radius 2 is 2.25 bits per heavy atom. The molecular formula is C14H16N4O2. The van der Waals surface area contributed by atoms with Gasteiger partial charge in [-0.15, -0.1) is 0 Å². The third kappa shape index (κ3) is 1.89. The molecule has 1 atom stereocenters. The van der Waals surface area contributed by atoms with Crippen LogP contribution in [0.25, 0.3) is 0 Å². The zero-order chi connectivity index (χ0) is 14.3. The minimum Gasteiger partial charge on any atom is -0.492 e. The van der Waals surface area contributed by atoms with Crippen molar-refractivity contribution in [3.05, 3.63) is 35.5 Å². The highest BCUT2D eigenvalue weighted by Crippen LogP contribution is 2.34. The van der Waals surface area contributed by atoms with Crippen LogP contribution >= 0.6 is 0 Å². The Morgan fingerprint density at radius 1 is 1.50 bits per heavy atom. The van der Waals surface area contributed by atoms with Gasteiger partial charge in [0.15, 0.2) is 5.82 Å². The quantitative estimate of drug-likeness (QED) is 0.866. The number of hydrogen-bond acceptors (Lipinski definition) is 4. The van der Waals surface area contributed by atoms with E-state index in [1.54, 1.807) is 18.7 Å². The van der Waals surface area contributed by atoms with Crippen molar-refractivity contribution in [3.8, 4) is 5.75 Å². The molecule has 6 heteroatoms. The van der Waals surface area contributed by atoms with Gasteiger partial charge in [-0.2, -0.15) is 5.10 Å². The van der Waals surface area contributed by atoms with E-state index in [1.807, 2.05) is 24.3 Å². The monoisotopic (exact) mass is 272 g/mol. The SMILES string of the molecule is Cc1nn(C)c(NC(=O)C2COc3ccccc32)c1N. The summed E-state index contributed by atoms with van der Waals surface area (Å²) in [5.74, 6) is 0.837. The lowest BCUT2D eigenvalue weighted by Crippen LogP contribution is -2.24. The number of benzene rings is 1. The molecular weight excluding hydrogens is 256 g/mol. The molecule has 1 aliphatic heterocycles. The number of nitrogen functional groups attached to an aromatic ring is 1. The molecule has 1 amide bonds. The van der Waals surface area contributed by atoms with Gasteiger partial charge in [0, 0.05) is 12.6 Å². The number of nitrogens with two attached hydrogens (primary N) is 1. The summed E-state index contributed by atoms with van der Waals surface area (Å²) >= 11 is 0. The van der Waals surface area contributed by atoms with Crippen molar-refractivity contribution in [2.45, 2.75) is 12.8 Å². The first-order chi connectivity index (χ1) is 9.58. The first-order valence-electron chi connectivity index (χ1n) is 6.39. The van der Waals surface area contributed by atoms with Gasteiger partial charge in [0.2, 0.25) is 5.91 Å². The van der Waals surface area contributed by atoms with E-state index >= 15 is 0 Å². The fraction of sp³-hybridized carbons (Fsp3) is 0.286. The number of aromatic nitrogens is 2. The second-order valence-electron chi connectivity index (χ2n) is 4.86. The number of nitrogens with zero attached hydrogens (tertiary/aromatic N) is 2. The lowest BCUT2D eigenvalue weighted by molar-refractivity contribution is -0.117. The number of ether oxygens (including phenoxy) is 1. The van der Waals surface area contributed by atoms with Crippen LogP contribution in [0.2, 0.25) is 0 Å². The molecule has 1 aromatic heterocycles. The summed E-state index contributed by atoms with van der Waals surface area (Å²) in [4.78, 5) is 12.4. The van der Waals surface area contributed by atoms with Crippen molar-refractivity contribution in [2.24, 2.45) is 7.05 Å². The second-order valence-corrected chi connectivity index (χ2v) is 4.86.